The second-order valence-electron chi connectivity index (χ2n) is 7.71. The molecule has 6 aromatic rings. The van der Waals surface area contributed by atoms with E-state index in [1.54, 1.807) is 0 Å². The van der Waals surface area contributed by atoms with E-state index in [-0.39, 0.29) is 0 Å². The van der Waals surface area contributed by atoms with Gasteiger partial charge in [0.1, 0.15) is 5.65 Å². The quantitative estimate of drug-likeness (QED) is 0.367. The van der Waals surface area contributed by atoms with E-state index in [0.717, 1.165) is 51.9 Å². The molecule has 6 rings (SSSR count). The van der Waals surface area contributed by atoms with Gasteiger partial charge in [0.15, 0.2) is 0 Å². The molecule has 0 saturated carbocycles. The van der Waals surface area contributed by atoms with E-state index in [0.29, 0.717) is 0 Å². The first-order chi connectivity index (χ1) is 14.8. The topological polar surface area (TPSA) is 34.6 Å². The van der Waals surface area contributed by atoms with Gasteiger partial charge in [-0.25, -0.2) is 9.97 Å². The molecule has 0 fully saturated rings. The summed E-state index contributed by atoms with van der Waals surface area (Å²) in [6, 6.07) is 23.4. The first kappa shape index (κ1) is 17.2. The van der Waals surface area contributed by atoms with Crippen molar-refractivity contribution in [2.75, 3.05) is 0 Å². The zero-order valence-electron chi connectivity index (χ0n) is 17.1. The van der Waals surface area contributed by atoms with Crippen molar-refractivity contribution < 1.29 is 0 Å². The second kappa shape index (κ2) is 6.42. The molecular weight excluding hydrogens is 368 g/mol. The van der Waals surface area contributed by atoms with Crippen LogP contribution in [-0.4, -0.2) is 18.8 Å². The van der Waals surface area contributed by atoms with E-state index >= 15 is 0 Å². The van der Waals surface area contributed by atoms with Gasteiger partial charge in [-0.1, -0.05) is 56.3 Å². The van der Waals surface area contributed by atoms with Crippen LogP contribution in [0.2, 0.25) is 0 Å². The van der Waals surface area contributed by atoms with Crippen LogP contribution in [0, 0.1) is 0 Å². The van der Waals surface area contributed by atoms with Crippen LogP contribution in [-0.2, 0) is 12.8 Å². The molecule has 0 aliphatic carbocycles. The molecule has 0 aliphatic heterocycles. The standard InChI is InChI=1S/C26H22N4/c1-3-17-10-9-11-18(4-2)24(17)23-16-27-25-19-12-5-7-14-21(19)29-22-15-8-6-13-20(22)28-26(29)30(23)25/h5-16H,3-4H2,1-2H3. The number of nitrogens with zero attached hydrogens (tertiary/aromatic N) is 4. The molecule has 3 aromatic heterocycles. The Morgan fingerprint density at radius 2 is 1.43 bits per heavy atom. The molecule has 146 valence electrons. The van der Waals surface area contributed by atoms with Crippen LogP contribution in [0.5, 0.6) is 0 Å². The SMILES string of the molecule is CCc1cccc(CC)c1-c1cnc2c3ccccc3n3c4ccccc4nc3n12. The Bertz CT molecular complexity index is 1550. The van der Waals surface area contributed by atoms with Gasteiger partial charge in [-0.05, 0) is 48.2 Å². The van der Waals surface area contributed by atoms with Crippen molar-refractivity contribution in [3.05, 3.63) is 84.1 Å². The number of hydrogen-bond acceptors (Lipinski definition) is 2. The normalized spacial score (nSPS) is 11.9. The van der Waals surface area contributed by atoms with Gasteiger partial charge in [0.05, 0.1) is 28.4 Å². The van der Waals surface area contributed by atoms with Crippen LogP contribution >= 0.6 is 0 Å². The van der Waals surface area contributed by atoms with Crippen molar-refractivity contribution in [2.24, 2.45) is 0 Å². The Labute approximate surface area is 174 Å². The lowest BCUT2D eigenvalue weighted by Gasteiger charge is -2.14. The fourth-order valence-corrected chi connectivity index (χ4v) is 4.75. The molecule has 30 heavy (non-hydrogen) atoms. The Balaban J connectivity index is 1.88. The highest BCUT2D eigenvalue weighted by Gasteiger charge is 2.20. The van der Waals surface area contributed by atoms with Gasteiger partial charge >= 0.3 is 0 Å². The Morgan fingerprint density at radius 1 is 0.733 bits per heavy atom. The smallest absolute Gasteiger partial charge is 0.221 e. The number of rotatable bonds is 3. The van der Waals surface area contributed by atoms with Crippen LogP contribution < -0.4 is 0 Å². The molecule has 4 nitrogen and oxygen atoms in total. The molecule has 0 bridgehead atoms. The summed E-state index contributed by atoms with van der Waals surface area (Å²) in [4.78, 5) is 9.95. The molecule has 0 saturated heterocycles. The average molecular weight is 390 g/mol. The van der Waals surface area contributed by atoms with Crippen molar-refractivity contribution >= 4 is 33.4 Å². The van der Waals surface area contributed by atoms with Crippen molar-refractivity contribution in [3.63, 3.8) is 0 Å². The molecule has 0 radical (unpaired) electrons. The van der Waals surface area contributed by atoms with Gasteiger partial charge in [-0.3, -0.25) is 8.80 Å². The summed E-state index contributed by atoms with van der Waals surface area (Å²) < 4.78 is 4.51. The third kappa shape index (κ3) is 2.22. The van der Waals surface area contributed by atoms with Crippen molar-refractivity contribution in [1.29, 1.82) is 0 Å². The highest BCUT2D eigenvalue weighted by Crippen LogP contribution is 2.34. The van der Waals surface area contributed by atoms with Gasteiger partial charge in [0.2, 0.25) is 5.78 Å². The largest absolute Gasteiger partial charge is 0.277 e. The van der Waals surface area contributed by atoms with Crippen molar-refractivity contribution in [1.82, 2.24) is 18.8 Å². The second-order valence-corrected chi connectivity index (χ2v) is 7.71. The number of benzene rings is 3. The lowest BCUT2D eigenvalue weighted by atomic mass is 9.95. The minimum atomic E-state index is 0.908. The van der Waals surface area contributed by atoms with Gasteiger partial charge in [0.25, 0.3) is 0 Å². The average Bonchev–Trinajstić information content (AvgIpc) is 3.40. The maximum Gasteiger partial charge on any atom is 0.221 e. The number of aromatic nitrogens is 4. The molecule has 3 heterocycles. The molecule has 4 heteroatoms. The third-order valence-corrected chi connectivity index (χ3v) is 6.15. The van der Waals surface area contributed by atoms with Crippen LogP contribution in [0.15, 0.2) is 72.9 Å². The van der Waals surface area contributed by atoms with Crippen molar-refractivity contribution in [2.45, 2.75) is 26.7 Å². The van der Waals surface area contributed by atoms with E-state index in [1.807, 2.05) is 12.3 Å². The molecule has 0 aliphatic rings. The number of fused-ring (bicyclic) bond motifs is 8. The number of imidazole rings is 2. The first-order valence-electron chi connectivity index (χ1n) is 10.6. The van der Waals surface area contributed by atoms with E-state index < -0.39 is 0 Å². The molecular formula is C26H22N4. The predicted molar refractivity (Wildman–Crippen MR) is 123 cm³/mol. The van der Waals surface area contributed by atoms with E-state index in [4.69, 9.17) is 9.97 Å². The minimum Gasteiger partial charge on any atom is -0.277 e. The summed E-state index contributed by atoms with van der Waals surface area (Å²) in [6.07, 6.45) is 3.99. The maximum atomic E-state index is 5.05. The number of aryl methyl sites for hydroxylation is 2. The van der Waals surface area contributed by atoms with E-state index in [1.165, 1.54) is 16.7 Å². The Kier molecular flexibility index (Phi) is 3.69. The van der Waals surface area contributed by atoms with Gasteiger partial charge in [0, 0.05) is 10.9 Å². The summed E-state index contributed by atoms with van der Waals surface area (Å²) in [7, 11) is 0. The molecule has 0 spiro atoms. The Hall–Kier alpha value is -3.66. The summed E-state index contributed by atoms with van der Waals surface area (Å²) in [6.45, 7) is 4.44. The first-order valence-corrected chi connectivity index (χ1v) is 10.6. The van der Waals surface area contributed by atoms with Crippen LogP contribution in [0.1, 0.15) is 25.0 Å². The summed E-state index contributed by atoms with van der Waals surface area (Å²) in [5, 5.41) is 1.13. The van der Waals surface area contributed by atoms with Crippen molar-refractivity contribution in [3.8, 4) is 11.3 Å². The highest BCUT2D eigenvalue weighted by atomic mass is 15.2. The molecule has 0 unspecified atom stereocenters. The van der Waals surface area contributed by atoms with E-state index in [2.05, 4.69) is 83.3 Å². The van der Waals surface area contributed by atoms with Gasteiger partial charge in [-0.15, -0.1) is 0 Å². The van der Waals surface area contributed by atoms with Crippen LogP contribution in [0.25, 0.3) is 44.6 Å². The fourth-order valence-electron chi connectivity index (χ4n) is 4.75. The number of para-hydroxylation sites is 3. The summed E-state index contributed by atoms with van der Waals surface area (Å²) in [5.41, 5.74) is 9.29. The predicted octanol–water partition coefficient (Wildman–Crippen LogP) is 6.08. The zero-order valence-corrected chi connectivity index (χ0v) is 17.1. The monoisotopic (exact) mass is 390 g/mol. The molecule has 0 amide bonds. The van der Waals surface area contributed by atoms with Crippen LogP contribution in [0.4, 0.5) is 0 Å². The van der Waals surface area contributed by atoms with Gasteiger partial charge in [-0.2, -0.15) is 0 Å². The lowest BCUT2D eigenvalue weighted by molar-refractivity contribution is 1.07. The highest BCUT2D eigenvalue weighted by molar-refractivity contribution is 5.98. The molecule has 3 aromatic carbocycles. The summed E-state index contributed by atoms with van der Waals surface area (Å²) >= 11 is 0. The van der Waals surface area contributed by atoms with Gasteiger partial charge < -0.3 is 0 Å². The third-order valence-electron chi connectivity index (χ3n) is 6.15. The number of hydrogen-bond donors (Lipinski definition) is 0. The van der Waals surface area contributed by atoms with Crippen LogP contribution in [0.3, 0.4) is 0 Å². The fraction of sp³-hybridized carbons (Fsp3) is 0.154. The minimum absolute atomic E-state index is 0.908. The zero-order chi connectivity index (χ0) is 20.2. The molecule has 0 N–H and O–H groups in total. The lowest BCUT2D eigenvalue weighted by Crippen LogP contribution is -2.02. The molecule has 0 atom stereocenters. The Morgan fingerprint density at radius 3 is 2.20 bits per heavy atom. The van der Waals surface area contributed by atoms with E-state index in [9.17, 15) is 0 Å². The maximum absolute atomic E-state index is 5.05. The summed E-state index contributed by atoms with van der Waals surface area (Å²) in [5.74, 6) is 0.908.